The van der Waals surface area contributed by atoms with Gasteiger partial charge < -0.3 is 14.8 Å². The molecule has 0 saturated carbocycles. The van der Waals surface area contributed by atoms with Gasteiger partial charge in [-0.3, -0.25) is 0 Å². The topological polar surface area (TPSA) is 30.5 Å². The molecule has 2 rings (SSSR count). The van der Waals surface area contributed by atoms with E-state index in [0.717, 1.165) is 18.0 Å². The van der Waals surface area contributed by atoms with Crippen molar-refractivity contribution in [1.29, 1.82) is 0 Å². The van der Waals surface area contributed by atoms with Crippen molar-refractivity contribution in [1.82, 2.24) is 5.32 Å². The number of ether oxygens (including phenoxy) is 2. The van der Waals surface area contributed by atoms with Crippen molar-refractivity contribution in [2.24, 2.45) is 0 Å². The van der Waals surface area contributed by atoms with Crippen LogP contribution in [0.1, 0.15) is 11.1 Å². The molecule has 0 aromatic heterocycles. The van der Waals surface area contributed by atoms with Crippen molar-refractivity contribution in [3.63, 3.8) is 0 Å². The van der Waals surface area contributed by atoms with Gasteiger partial charge in [0.1, 0.15) is 24.7 Å². The third-order valence-corrected chi connectivity index (χ3v) is 2.89. The maximum absolute atomic E-state index is 5.69. The van der Waals surface area contributed by atoms with Gasteiger partial charge in [-0.05, 0) is 49.4 Å². The summed E-state index contributed by atoms with van der Waals surface area (Å²) in [6.07, 6.45) is 0. The Hall–Kier alpha value is -2.00. The molecule has 2 aromatic carbocycles. The minimum Gasteiger partial charge on any atom is -0.490 e. The molecule has 0 fully saturated rings. The van der Waals surface area contributed by atoms with Crippen molar-refractivity contribution in [3.8, 4) is 11.5 Å². The fraction of sp³-hybridized carbons (Fsp3) is 0.294. The van der Waals surface area contributed by atoms with Gasteiger partial charge in [0.2, 0.25) is 0 Å². The van der Waals surface area contributed by atoms with Crippen LogP contribution in [0.3, 0.4) is 0 Å². The average Bonchev–Trinajstić information content (AvgIpc) is 2.45. The summed E-state index contributed by atoms with van der Waals surface area (Å²) in [5.74, 6) is 1.77. The molecular weight excluding hydrogens is 250 g/mol. The first-order chi connectivity index (χ1) is 9.78. The zero-order valence-corrected chi connectivity index (χ0v) is 12.1. The van der Waals surface area contributed by atoms with Crippen LogP contribution in [0.5, 0.6) is 11.5 Å². The Bertz CT molecular complexity index is 540. The first-order valence-electron chi connectivity index (χ1n) is 6.84. The first kappa shape index (κ1) is 14.4. The Morgan fingerprint density at radius 2 is 1.55 bits per heavy atom. The Morgan fingerprint density at radius 3 is 2.20 bits per heavy atom. The molecule has 0 aliphatic carbocycles. The Balaban J connectivity index is 1.77. The van der Waals surface area contributed by atoms with Gasteiger partial charge in [-0.25, -0.2) is 0 Å². The molecule has 0 aliphatic rings. The van der Waals surface area contributed by atoms with E-state index in [1.54, 1.807) is 0 Å². The van der Waals surface area contributed by atoms with Crippen LogP contribution in [-0.4, -0.2) is 20.3 Å². The predicted octanol–water partition coefficient (Wildman–Crippen LogP) is 3.17. The van der Waals surface area contributed by atoms with E-state index in [1.165, 1.54) is 11.1 Å². The fourth-order valence-corrected chi connectivity index (χ4v) is 1.97. The van der Waals surface area contributed by atoms with E-state index < -0.39 is 0 Å². The number of hydrogen-bond donors (Lipinski definition) is 1. The lowest BCUT2D eigenvalue weighted by Crippen LogP contribution is -2.09. The summed E-state index contributed by atoms with van der Waals surface area (Å²) in [7, 11) is 1.93. The molecule has 0 bridgehead atoms. The van der Waals surface area contributed by atoms with E-state index >= 15 is 0 Å². The maximum atomic E-state index is 5.69. The van der Waals surface area contributed by atoms with Crippen LogP contribution in [0, 0.1) is 6.92 Å². The van der Waals surface area contributed by atoms with Gasteiger partial charge in [0.05, 0.1) is 0 Å². The van der Waals surface area contributed by atoms with Crippen LogP contribution >= 0.6 is 0 Å². The molecule has 0 unspecified atom stereocenters. The zero-order valence-electron chi connectivity index (χ0n) is 12.1. The highest BCUT2D eigenvalue weighted by Gasteiger charge is 1.98. The molecule has 3 nitrogen and oxygen atoms in total. The summed E-state index contributed by atoms with van der Waals surface area (Å²) in [5, 5.41) is 3.12. The summed E-state index contributed by atoms with van der Waals surface area (Å²) < 4.78 is 11.3. The number of hydrogen-bond acceptors (Lipinski definition) is 3. The SMILES string of the molecule is CNCc1cccc(OCCOc2cccc(C)c2)c1. The van der Waals surface area contributed by atoms with Crippen molar-refractivity contribution < 1.29 is 9.47 Å². The molecule has 20 heavy (non-hydrogen) atoms. The third-order valence-electron chi connectivity index (χ3n) is 2.89. The molecule has 0 heterocycles. The van der Waals surface area contributed by atoms with Crippen LogP contribution in [0.15, 0.2) is 48.5 Å². The highest BCUT2D eigenvalue weighted by atomic mass is 16.5. The van der Waals surface area contributed by atoms with Crippen LogP contribution in [0.4, 0.5) is 0 Å². The minimum atomic E-state index is 0.539. The molecule has 0 radical (unpaired) electrons. The molecule has 0 atom stereocenters. The Kier molecular flexibility index (Phi) is 5.44. The van der Waals surface area contributed by atoms with Gasteiger partial charge in [0, 0.05) is 6.54 Å². The second kappa shape index (κ2) is 7.56. The monoisotopic (exact) mass is 271 g/mol. The van der Waals surface area contributed by atoms with Gasteiger partial charge in [-0.15, -0.1) is 0 Å². The van der Waals surface area contributed by atoms with Gasteiger partial charge >= 0.3 is 0 Å². The molecule has 0 spiro atoms. The number of benzene rings is 2. The lowest BCUT2D eigenvalue weighted by atomic mass is 10.2. The summed E-state index contributed by atoms with van der Waals surface area (Å²) in [5.41, 5.74) is 2.41. The smallest absolute Gasteiger partial charge is 0.122 e. The van der Waals surface area contributed by atoms with E-state index in [0.29, 0.717) is 13.2 Å². The predicted molar refractivity (Wildman–Crippen MR) is 81.4 cm³/mol. The largest absolute Gasteiger partial charge is 0.490 e. The molecule has 106 valence electrons. The molecule has 0 aliphatic heterocycles. The molecule has 1 N–H and O–H groups in total. The van der Waals surface area contributed by atoms with Gasteiger partial charge in [-0.1, -0.05) is 24.3 Å². The molecule has 0 saturated heterocycles. The van der Waals surface area contributed by atoms with Crippen molar-refractivity contribution in [3.05, 3.63) is 59.7 Å². The van der Waals surface area contributed by atoms with Crippen molar-refractivity contribution in [2.75, 3.05) is 20.3 Å². The second-order valence-corrected chi connectivity index (χ2v) is 4.69. The lowest BCUT2D eigenvalue weighted by molar-refractivity contribution is 0.217. The summed E-state index contributed by atoms with van der Waals surface area (Å²) in [4.78, 5) is 0. The summed E-state index contributed by atoms with van der Waals surface area (Å²) >= 11 is 0. The quantitative estimate of drug-likeness (QED) is 0.785. The number of rotatable bonds is 7. The zero-order chi connectivity index (χ0) is 14.2. The minimum absolute atomic E-state index is 0.539. The summed E-state index contributed by atoms with van der Waals surface area (Å²) in [6.45, 7) is 3.98. The first-order valence-corrected chi connectivity index (χ1v) is 6.84. The Labute approximate surface area is 120 Å². The van der Waals surface area contributed by atoms with Gasteiger partial charge in [0.15, 0.2) is 0 Å². The fourth-order valence-electron chi connectivity index (χ4n) is 1.97. The molecular formula is C17H21NO2. The van der Waals surface area contributed by atoms with E-state index in [1.807, 2.05) is 43.4 Å². The van der Waals surface area contributed by atoms with Crippen LogP contribution < -0.4 is 14.8 Å². The van der Waals surface area contributed by atoms with Gasteiger partial charge in [0.25, 0.3) is 0 Å². The van der Waals surface area contributed by atoms with Crippen LogP contribution in [-0.2, 0) is 6.54 Å². The standard InChI is InChI=1S/C17H21NO2/c1-14-5-3-7-16(11-14)19-9-10-20-17-8-4-6-15(12-17)13-18-2/h3-8,11-12,18H,9-10,13H2,1-2H3. The summed E-state index contributed by atoms with van der Waals surface area (Å²) in [6, 6.07) is 16.1. The Morgan fingerprint density at radius 1 is 0.900 bits per heavy atom. The average molecular weight is 271 g/mol. The van der Waals surface area contributed by atoms with E-state index in [4.69, 9.17) is 9.47 Å². The normalized spacial score (nSPS) is 10.3. The van der Waals surface area contributed by atoms with E-state index in [-0.39, 0.29) is 0 Å². The van der Waals surface area contributed by atoms with Crippen LogP contribution in [0.25, 0.3) is 0 Å². The highest BCUT2D eigenvalue weighted by molar-refractivity contribution is 5.29. The van der Waals surface area contributed by atoms with Gasteiger partial charge in [-0.2, -0.15) is 0 Å². The van der Waals surface area contributed by atoms with Crippen molar-refractivity contribution in [2.45, 2.75) is 13.5 Å². The molecule has 0 amide bonds. The number of nitrogens with one attached hydrogen (secondary N) is 1. The van der Waals surface area contributed by atoms with E-state index in [9.17, 15) is 0 Å². The lowest BCUT2D eigenvalue weighted by Gasteiger charge is -2.10. The second-order valence-electron chi connectivity index (χ2n) is 4.69. The van der Waals surface area contributed by atoms with Crippen molar-refractivity contribution >= 4 is 0 Å². The van der Waals surface area contributed by atoms with Crippen LogP contribution in [0.2, 0.25) is 0 Å². The maximum Gasteiger partial charge on any atom is 0.122 e. The van der Waals surface area contributed by atoms with E-state index in [2.05, 4.69) is 24.4 Å². The molecule has 2 aromatic rings. The number of aryl methyl sites for hydroxylation is 1. The highest BCUT2D eigenvalue weighted by Crippen LogP contribution is 2.14. The molecule has 3 heteroatoms. The third kappa shape index (κ3) is 4.59.